The van der Waals surface area contributed by atoms with Crippen LogP contribution in [0.25, 0.3) is 11.3 Å². The average Bonchev–Trinajstić information content (AvgIpc) is 2.85. The molecule has 4 rings (SSSR count). The molecule has 0 bridgehead atoms. The second-order valence-corrected chi connectivity index (χ2v) is 8.19. The minimum atomic E-state index is -1.72. The second kappa shape index (κ2) is 9.70. The smallest absolute Gasteiger partial charge is 0.352 e. The van der Waals surface area contributed by atoms with E-state index in [0.717, 1.165) is 11.3 Å². The first-order valence-electron chi connectivity index (χ1n) is 10.9. The van der Waals surface area contributed by atoms with Gasteiger partial charge in [-0.15, -0.1) is 0 Å². The summed E-state index contributed by atoms with van der Waals surface area (Å²) in [6.45, 7) is 0.143. The molecule has 3 aromatic rings. The topological polar surface area (TPSA) is 90.3 Å². The Kier molecular flexibility index (Phi) is 6.72. The Hall–Kier alpha value is -3.62. The van der Waals surface area contributed by atoms with Gasteiger partial charge in [-0.3, -0.25) is 9.88 Å². The number of aliphatic carboxylic acids is 1. The van der Waals surface area contributed by atoms with Crippen LogP contribution < -0.4 is 14.2 Å². The van der Waals surface area contributed by atoms with Crippen LogP contribution in [0.4, 0.5) is 0 Å². The molecule has 8 heteroatoms. The lowest BCUT2D eigenvalue weighted by molar-refractivity contribution is -0.199. The van der Waals surface area contributed by atoms with Gasteiger partial charge in [0.2, 0.25) is 5.72 Å². The number of carboxylic acid groups (broad SMARTS) is 1. The van der Waals surface area contributed by atoms with Gasteiger partial charge in [-0.05, 0) is 56.6 Å². The summed E-state index contributed by atoms with van der Waals surface area (Å²) >= 11 is 0. The number of methoxy groups -OCH3 is 2. The Labute approximate surface area is 198 Å². The maximum atomic E-state index is 12.8. The van der Waals surface area contributed by atoms with Gasteiger partial charge in [0.15, 0.2) is 0 Å². The van der Waals surface area contributed by atoms with Gasteiger partial charge >= 0.3 is 5.97 Å². The third-order valence-corrected chi connectivity index (χ3v) is 6.11. The third kappa shape index (κ3) is 4.18. The minimum absolute atomic E-state index is 0.143. The third-order valence-electron chi connectivity index (χ3n) is 6.11. The molecule has 8 nitrogen and oxygen atoms in total. The summed E-state index contributed by atoms with van der Waals surface area (Å²) in [4.78, 5) is 18.8. The monoisotopic (exact) mass is 464 g/mol. The van der Waals surface area contributed by atoms with Crippen LogP contribution in [0.1, 0.15) is 11.5 Å². The summed E-state index contributed by atoms with van der Waals surface area (Å²) in [5.74, 6) is -0.104. The molecule has 2 aromatic carbocycles. The Morgan fingerprint density at radius 1 is 1.09 bits per heavy atom. The highest BCUT2D eigenvalue weighted by molar-refractivity contribution is 5.79. The van der Waals surface area contributed by atoms with E-state index in [0.29, 0.717) is 22.8 Å². The van der Waals surface area contributed by atoms with E-state index in [2.05, 4.69) is 4.98 Å². The number of benzene rings is 2. The van der Waals surface area contributed by atoms with E-state index >= 15 is 0 Å². The lowest BCUT2D eigenvalue weighted by Gasteiger charge is -2.46. The fourth-order valence-corrected chi connectivity index (χ4v) is 4.50. The molecule has 2 heterocycles. The minimum Gasteiger partial charge on any atom is -0.497 e. The Bertz CT molecular complexity index is 1150. The molecule has 0 aliphatic carbocycles. The number of rotatable bonds is 8. The van der Waals surface area contributed by atoms with E-state index < -0.39 is 23.7 Å². The molecule has 1 aliphatic rings. The van der Waals surface area contributed by atoms with Crippen molar-refractivity contribution in [3.63, 3.8) is 0 Å². The molecular weight excluding hydrogens is 436 g/mol. The van der Waals surface area contributed by atoms with Crippen molar-refractivity contribution in [2.75, 3.05) is 34.9 Å². The highest BCUT2D eigenvalue weighted by Gasteiger charge is 2.56. The molecule has 178 valence electrons. The van der Waals surface area contributed by atoms with Crippen molar-refractivity contribution in [3.05, 3.63) is 72.4 Å². The maximum Gasteiger partial charge on any atom is 0.352 e. The summed E-state index contributed by atoms with van der Waals surface area (Å²) in [6.07, 6.45) is 1.05. The average molecular weight is 465 g/mol. The number of pyridine rings is 1. The van der Waals surface area contributed by atoms with E-state index in [4.69, 9.17) is 18.9 Å². The van der Waals surface area contributed by atoms with Gasteiger partial charge < -0.3 is 24.1 Å². The van der Waals surface area contributed by atoms with Gasteiger partial charge in [0, 0.05) is 30.5 Å². The van der Waals surface area contributed by atoms with Crippen LogP contribution in [-0.4, -0.2) is 67.7 Å². The molecule has 0 spiro atoms. The second-order valence-electron chi connectivity index (χ2n) is 8.19. The molecule has 3 atom stereocenters. The number of fused-ring (bicyclic) bond motifs is 1. The summed E-state index contributed by atoms with van der Waals surface area (Å²) in [6, 6.07) is 18.5. The van der Waals surface area contributed by atoms with Gasteiger partial charge in [-0.1, -0.05) is 12.1 Å². The number of hydrogen-bond acceptors (Lipinski definition) is 7. The number of ether oxygens (including phenoxy) is 4. The molecule has 0 saturated heterocycles. The summed E-state index contributed by atoms with van der Waals surface area (Å²) in [5, 5.41) is 10.4. The van der Waals surface area contributed by atoms with Crippen LogP contribution in [0.2, 0.25) is 0 Å². The van der Waals surface area contributed by atoms with Crippen molar-refractivity contribution < 1.29 is 28.8 Å². The number of carbonyl (C=O) groups is 1. The normalized spacial score (nSPS) is 19.0. The fourth-order valence-electron chi connectivity index (χ4n) is 4.50. The molecule has 1 N–H and O–H groups in total. The van der Waals surface area contributed by atoms with Crippen molar-refractivity contribution in [1.29, 1.82) is 0 Å². The number of nitrogens with zero attached hydrogens (tertiary/aromatic N) is 2. The predicted octanol–water partition coefficient (Wildman–Crippen LogP) is 3.67. The molecule has 34 heavy (non-hydrogen) atoms. The van der Waals surface area contributed by atoms with Gasteiger partial charge in [-0.2, -0.15) is 0 Å². The molecule has 1 aliphatic heterocycles. The van der Waals surface area contributed by atoms with Crippen LogP contribution in [0, 0.1) is 0 Å². The highest BCUT2D eigenvalue weighted by atomic mass is 16.6. The number of aromatic nitrogens is 1. The van der Waals surface area contributed by atoms with Crippen LogP contribution in [-0.2, 0) is 9.53 Å². The first-order chi connectivity index (χ1) is 16.4. The Balaban J connectivity index is 1.86. The molecule has 1 aromatic heterocycles. The van der Waals surface area contributed by atoms with Crippen molar-refractivity contribution >= 4 is 5.97 Å². The van der Waals surface area contributed by atoms with E-state index in [1.54, 1.807) is 44.4 Å². The number of likely N-dealkylation sites (N-methyl/N-ethyl adjacent to an activating group) is 1. The molecule has 0 saturated carbocycles. The zero-order chi connectivity index (χ0) is 24.3. The van der Waals surface area contributed by atoms with Crippen LogP contribution in [0.5, 0.6) is 17.2 Å². The molecule has 1 unspecified atom stereocenters. The largest absolute Gasteiger partial charge is 0.497 e. The zero-order valence-corrected chi connectivity index (χ0v) is 19.6. The summed E-state index contributed by atoms with van der Waals surface area (Å²) < 4.78 is 23.4. The fraction of sp³-hybridized carbons (Fsp3) is 0.308. The summed E-state index contributed by atoms with van der Waals surface area (Å²) in [7, 11) is 6.33. The standard InChI is InChI=1S/C26H28N2O6/c1-28(2)26(32-4,25(29)30)24-20-14-17(21-10-5-6-13-27-21)11-12-22(20)33-16-23(24)34-19-9-7-8-18(15-19)31-3/h5-15,23-24H,16H2,1-4H3,(H,29,30)/t23-,24+,26?/m1/s1. The first-order valence-corrected chi connectivity index (χ1v) is 10.9. The molecular formula is C26H28N2O6. The van der Waals surface area contributed by atoms with E-state index in [1.807, 2.05) is 48.5 Å². The van der Waals surface area contributed by atoms with E-state index in [1.165, 1.54) is 7.11 Å². The van der Waals surface area contributed by atoms with Crippen molar-refractivity contribution in [1.82, 2.24) is 9.88 Å². The van der Waals surface area contributed by atoms with Crippen LogP contribution >= 0.6 is 0 Å². The quantitative estimate of drug-likeness (QED) is 0.505. The molecule has 0 amide bonds. The molecule has 0 radical (unpaired) electrons. The zero-order valence-electron chi connectivity index (χ0n) is 19.6. The van der Waals surface area contributed by atoms with Gasteiger partial charge in [0.05, 0.1) is 18.7 Å². The van der Waals surface area contributed by atoms with Gasteiger partial charge in [0.1, 0.15) is 30.0 Å². The van der Waals surface area contributed by atoms with Crippen molar-refractivity contribution in [2.45, 2.75) is 17.7 Å². The first kappa shape index (κ1) is 23.5. The van der Waals surface area contributed by atoms with E-state index in [-0.39, 0.29) is 6.61 Å². The number of carboxylic acids is 1. The van der Waals surface area contributed by atoms with Crippen molar-refractivity contribution in [2.24, 2.45) is 0 Å². The van der Waals surface area contributed by atoms with Gasteiger partial charge in [0.25, 0.3) is 0 Å². The lowest BCUT2D eigenvalue weighted by atomic mass is 9.80. The maximum absolute atomic E-state index is 12.8. The van der Waals surface area contributed by atoms with Crippen molar-refractivity contribution in [3.8, 4) is 28.5 Å². The molecule has 0 fully saturated rings. The SMILES string of the molecule is COc1cccc(O[C@@H]2COc3ccc(-c4ccccn4)cc3[C@@H]2C(OC)(C(=O)O)N(C)C)c1. The van der Waals surface area contributed by atoms with Crippen LogP contribution in [0.3, 0.4) is 0 Å². The summed E-state index contributed by atoms with van der Waals surface area (Å²) in [5.41, 5.74) is 0.553. The Morgan fingerprint density at radius 3 is 2.53 bits per heavy atom. The van der Waals surface area contributed by atoms with E-state index in [9.17, 15) is 9.90 Å². The predicted molar refractivity (Wildman–Crippen MR) is 126 cm³/mol. The lowest BCUT2D eigenvalue weighted by Crippen LogP contribution is -2.62. The highest BCUT2D eigenvalue weighted by Crippen LogP contribution is 2.46. The van der Waals surface area contributed by atoms with Gasteiger partial charge in [-0.25, -0.2) is 4.79 Å². The van der Waals surface area contributed by atoms with Crippen LogP contribution in [0.15, 0.2) is 66.9 Å². The number of hydrogen-bond donors (Lipinski definition) is 1. The Morgan fingerprint density at radius 2 is 1.88 bits per heavy atom.